The van der Waals surface area contributed by atoms with Gasteiger partial charge in [0, 0.05) is 5.92 Å². The number of hydrogen-bond acceptors (Lipinski definition) is 3. The van der Waals surface area contributed by atoms with E-state index in [0.29, 0.717) is 0 Å². The molecular weight excluding hydrogens is 207 g/mol. The molecular formula is C11H13FN4. The maximum Gasteiger partial charge on any atom is 0.146 e. The summed E-state index contributed by atoms with van der Waals surface area (Å²) in [7, 11) is 0. The van der Waals surface area contributed by atoms with E-state index >= 15 is 0 Å². The van der Waals surface area contributed by atoms with E-state index in [1.54, 1.807) is 23.0 Å². The number of aromatic nitrogens is 3. The molecule has 0 aliphatic rings. The van der Waals surface area contributed by atoms with Gasteiger partial charge in [-0.15, -0.1) is 10.2 Å². The summed E-state index contributed by atoms with van der Waals surface area (Å²) in [6.45, 7) is 4.04. The summed E-state index contributed by atoms with van der Waals surface area (Å²) < 4.78 is 14.8. The molecule has 0 unspecified atom stereocenters. The van der Waals surface area contributed by atoms with E-state index in [2.05, 4.69) is 10.2 Å². The van der Waals surface area contributed by atoms with E-state index in [4.69, 9.17) is 5.73 Å². The molecule has 1 heterocycles. The minimum Gasteiger partial charge on any atom is -0.396 e. The van der Waals surface area contributed by atoms with Crippen LogP contribution in [0.2, 0.25) is 0 Å². The zero-order chi connectivity index (χ0) is 11.7. The third kappa shape index (κ3) is 1.76. The van der Waals surface area contributed by atoms with Crippen LogP contribution in [-0.2, 0) is 0 Å². The topological polar surface area (TPSA) is 56.7 Å². The molecule has 0 spiro atoms. The summed E-state index contributed by atoms with van der Waals surface area (Å²) in [6, 6.07) is 4.57. The Labute approximate surface area is 92.9 Å². The molecule has 2 N–H and O–H groups in total. The Morgan fingerprint density at radius 2 is 2.12 bits per heavy atom. The van der Waals surface area contributed by atoms with Crippen LogP contribution in [0.25, 0.3) is 5.69 Å². The van der Waals surface area contributed by atoms with Crippen LogP contribution >= 0.6 is 0 Å². The van der Waals surface area contributed by atoms with Gasteiger partial charge in [-0.3, -0.25) is 4.57 Å². The van der Waals surface area contributed by atoms with Gasteiger partial charge in [0.25, 0.3) is 0 Å². The highest BCUT2D eigenvalue weighted by molar-refractivity contribution is 5.49. The first-order valence-electron chi connectivity index (χ1n) is 5.05. The van der Waals surface area contributed by atoms with Gasteiger partial charge >= 0.3 is 0 Å². The van der Waals surface area contributed by atoms with Crippen molar-refractivity contribution in [2.75, 3.05) is 5.73 Å². The Kier molecular flexibility index (Phi) is 2.60. The van der Waals surface area contributed by atoms with Crippen LogP contribution in [0.3, 0.4) is 0 Å². The lowest BCUT2D eigenvalue weighted by atomic mass is 10.2. The first kappa shape index (κ1) is 10.6. The minimum absolute atomic E-state index is 0.126. The van der Waals surface area contributed by atoms with Crippen LogP contribution in [0.15, 0.2) is 24.5 Å². The zero-order valence-corrected chi connectivity index (χ0v) is 9.18. The molecule has 84 valence electrons. The first-order valence-corrected chi connectivity index (χ1v) is 5.05. The quantitative estimate of drug-likeness (QED) is 0.788. The molecule has 0 saturated carbocycles. The van der Waals surface area contributed by atoms with Crippen LogP contribution in [-0.4, -0.2) is 14.8 Å². The number of halogens is 1. The monoisotopic (exact) mass is 220 g/mol. The second kappa shape index (κ2) is 3.92. The fourth-order valence-corrected chi connectivity index (χ4v) is 1.52. The fourth-order valence-electron chi connectivity index (χ4n) is 1.52. The van der Waals surface area contributed by atoms with E-state index in [1.807, 2.05) is 13.8 Å². The molecule has 0 atom stereocenters. The molecule has 2 rings (SSSR count). The summed E-state index contributed by atoms with van der Waals surface area (Å²) in [4.78, 5) is 0. The molecule has 0 aliphatic heterocycles. The molecule has 0 radical (unpaired) electrons. The number of nitrogens with two attached hydrogens (primary N) is 1. The van der Waals surface area contributed by atoms with Crippen molar-refractivity contribution in [3.05, 3.63) is 36.2 Å². The summed E-state index contributed by atoms with van der Waals surface area (Å²) in [5.74, 6) is 0.655. The lowest BCUT2D eigenvalue weighted by Gasteiger charge is -2.09. The van der Waals surface area contributed by atoms with Gasteiger partial charge in [-0.1, -0.05) is 13.8 Å². The Hall–Kier alpha value is -1.91. The fraction of sp³-hybridized carbons (Fsp3) is 0.273. The van der Waals surface area contributed by atoms with E-state index < -0.39 is 5.82 Å². The number of benzene rings is 1. The maximum atomic E-state index is 13.0. The van der Waals surface area contributed by atoms with Crippen molar-refractivity contribution in [2.24, 2.45) is 0 Å². The van der Waals surface area contributed by atoms with Crippen molar-refractivity contribution in [1.29, 1.82) is 0 Å². The van der Waals surface area contributed by atoms with E-state index in [1.165, 1.54) is 6.07 Å². The van der Waals surface area contributed by atoms with Crippen LogP contribution in [0.4, 0.5) is 10.1 Å². The van der Waals surface area contributed by atoms with Crippen LogP contribution in [0.1, 0.15) is 25.6 Å². The predicted molar refractivity (Wildman–Crippen MR) is 59.8 cm³/mol. The van der Waals surface area contributed by atoms with Crippen molar-refractivity contribution < 1.29 is 4.39 Å². The molecule has 0 bridgehead atoms. The van der Waals surface area contributed by atoms with Crippen molar-refractivity contribution in [1.82, 2.24) is 14.8 Å². The molecule has 1 aromatic carbocycles. The molecule has 0 saturated heterocycles. The summed E-state index contributed by atoms with van der Waals surface area (Å²) in [6.07, 6.45) is 1.60. The number of nitrogen functional groups attached to an aromatic ring is 1. The van der Waals surface area contributed by atoms with Gasteiger partial charge in [-0.05, 0) is 18.2 Å². The van der Waals surface area contributed by atoms with E-state index in [9.17, 15) is 4.39 Å². The molecule has 4 nitrogen and oxygen atoms in total. The summed E-state index contributed by atoms with van der Waals surface area (Å²) in [5, 5.41) is 7.87. The first-order chi connectivity index (χ1) is 7.59. The highest BCUT2D eigenvalue weighted by Gasteiger charge is 2.10. The third-order valence-corrected chi connectivity index (χ3v) is 2.35. The molecule has 0 amide bonds. The van der Waals surface area contributed by atoms with Crippen molar-refractivity contribution in [3.63, 3.8) is 0 Å². The van der Waals surface area contributed by atoms with Gasteiger partial charge in [-0.25, -0.2) is 4.39 Å². The van der Waals surface area contributed by atoms with Gasteiger partial charge in [0.05, 0.1) is 11.4 Å². The highest BCUT2D eigenvalue weighted by Crippen LogP contribution is 2.19. The number of rotatable bonds is 2. The van der Waals surface area contributed by atoms with Crippen molar-refractivity contribution in [2.45, 2.75) is 19.8 Å². The standard InChI is InChI=1S/C11H13FN4/c1-7(2)11-15-14-6-16(11)8-3-4-9(12)10(13)5-8/h3-7H,13H2,1-2H3. The second-order valence-electron chi connectivity index (χ2n) is 3.92. The SMILES string of the molecule is CC(C)c1nncn1-c1ccc(F)c(N)c1. The molecule has 2 aromatic rings. The number of hydrogen-bond donors (Lipinski definition) is 1. The normalized spacial score (nSPS) is 11.0. The summed E-state index contributed by atoms with van der Waals surface area (Å²) in [5.41, 5.74) is 6.42. The van der Waals surface area contributed by atoms with Gasteiger partial charge in [-0.2, -0.15) is 0 Å². The maximum absolute atomic E-state index is 13.0. The minimum atomic E-state index is -0.414. The number of nitrogens with zero attached hydrogens (tertiary/aromatic N) is 3. The second-order valence-corrected chi connectivity index (χ2v) is 3.92. The lowest BCUT2D eigenvalue weighted by Crippen LogP contribution is -2.03. The molecule has 16 heavy (non-hydrogen) atoms. The lowest BCUT2D eigenvalue weighted by molar-refractivity contribution is 0.632. The van der Waals surface area contributed by atoms with Crippen molar-refractivity contribution in [3.8, 4) is 5.69 Å². The predicted octanol–water partition coefficient (Wildman–Crippen LogP) is 2.11. The molecule has 0 aliphatic carbocycles. The Morgan fingerprint density at radius 3 is 2.75 bits per heavy atom. The zero-order valence-electron chi connectivity index (χ0n) is 9.18. The average molecular weight is 220 g/mol. The molecule has 5 heteroatoms. The van der Waals surface area contributed by atoms with E-state index in [-0.39, 0.29) is 11.6 Å². The Bertz CT molecular complexity index is 504. The Balaban J connectivity index is 2.50. The average Bonchev–Trinajstić information content (AvgIpc) is 2.71. The smallest absolute Gasteiger partial charge is 0.146 e. The largest absolute Gasteiger partial charge is 0.396 e. The Morgan fingerprint density at radius 1 is 1.38 bits per heavy atom. The van der Waals surface area contributed by atoms with Crippen LogP contribution < -0.4 is 5.73 Å². The van der Waals surface area contributed by atoms with Gasteiger partial charge in [0.2, 0.25) is 0 Å². The number of anilines is 1. The van der Waals surface area contributed by atoms with Gasteiger partial charge < -0.3 is 5.73 Å². The van der Waals surface area contributed by atoms with Crippen LogP contribution in [0.5, 0.6) is 0 Å². The molecule has 0 fully saturated rings. The van der Waals surface area contributed by atoms with Crippen LogP contribution in [0, 0.1) is 5.82 Å². The van der Waals surface area contributed by atoms with Gasteiger partial charge in [0.15, 0.2) is 0 Å². The van der Waals surface area contributed by atoms with E-state index in [0.717, 1.165) is 11.5 Å². The third-order valence-electron chi connectivity index (χ3n) is 2.35. The molecule has 1 aromatic heterocycles. The highest BCUT2D eigenvalue weighted by atomic mass is 19.1. The van der Waals surface area contributed by atoms with Gasteiger partial charge in [0.1, 0.15) is 18.0 Å². The van der Waals surface area contributed by atoms with Crippen molar-refractivity contribution >= 4 is 5.69 Å². The summed E-state index contributed by atoms with van der Waals surface area (Å²) >= 11 is 0.